The number of hydrogen-bond acceptors (Lipinski definition) is 3. The van der Waals surface area contributed by atoms with Crippen molar-refractivity contribution in [2.24, 2.45) is 11.8 Å². The minimum Gasteiger partial charge on any atom is -0.449 e. The summed E-state index contributed by atoms with van der Waals surface area (Å²) >= 11 is 0. The maximum absolute atomic E-state index is 12.5. The van der Waals surface area contributed by atoms with Gasteiger partial charge in [-0.15, -0.1) is 0 Å². The van der Waals surface area contributed by atoms with Crippen molar-refractivity contribution in [1.82, 2.24) is 5.32 Å². The average molecular weight is 394 g/mol. The molecule has 29 heavy (non-hydrogen) atoms. The molecule has 1 N–H and O–H groups in total. The average Bonchev–Trinajstić information content (AvgIpc) is 2.99. The highest BCUT2D eigenvalue weighted by molar-refractivity contribution is 5.87. The first kappa shape index (κ1) is 21.1. The third-order valence-corrected chi connectivity index (χ3v) is 5.34. The summed E-state index contributed by atoms with van der Waals surface area (Å²) in [6, 6.07) is 16.0. The van der Waals surface area contributed by atoms with Gasteiger partial charge in [-0.1, -0.05) is 76.2 Å². The van der Waals surface area contributed by atoms with E-state index in [4.69, 9.17) is 4.74 Å². The van der Waals surface area contributed by atoms with Crippen molar-refractivity contribution in [2.45, 2.75) is 52.5 Å². The number of carbonyl (C=O) groups excluding carboxylic acids is 2. The molecule has 2 aromatic rings. The lowest BCUT2D eigenvalue weighted by molar-refractivity contribution is -0.122. The van der Waals surface area contributed by atoms with Crippen molar-refractivity contribution >= 4 is 11.9 Å². The Kier molecular flexibility index (Phi) is 6.73. The monoisotopic (exact) mass is 393 g/mol. The van der Waals surface area contributed by atoms with E-state index >= 15 is 0 Å². The molecule has 0 unspecified atom stereocenters. The van der Waals surface area contributed by atoms with Gasteiger partial charge in [-0.05, 0) is 40.5 Å². The van der Waals surface area contributed by atoms with Crippen LogP contribution in [-0.4, -0.2) is 24.5 Å². The molecule has 4 heteroatoms. The maximum Gasteiger partial charge on any atom is 0.407 e. The normalized spacial score (nSPS) is 13.9. The zero-order valence-corrected chi connectivity index (χ0v) is 17.8. The van der Waals surface area contributed by atoms with E-state index in [0.717, 1.165) is 0 Å². The van der Waals surface area contributed by atoms with Crippen molar-refractivity contribution in [3.63, 3.8) is 0 Å². The lowest BCUT2D eigenvalue weighted by Crippen LogP contribution is -2.42. The first-order chi connectivity index (χ1) is 13.9. The number of fused-ring (bicyclic) bond motifs is 3. The Morgan fingerprint density at radius 3 is 1.97 bits per heavy atom. The molecule has 0 heterocycles. The molecule has 1 aliphatic rings. The van der Waals surface area contributed by atoms with E-state index in [-0.39, 0.29) is 24.2 Å². The van der Waals surface area contributed by atoms with Crippen LogP contribution in [0.2, 0.25) is 0 Å². The van der Waals surface area contributed by atoms with E-state index in [1.165, 1.54) is 22.3 Å². The Morgan fingerprint density at radius 1 is 0.897 bits per heavy atom. The number of rotatable bonds is 8. The number of ketones is 1. The fourth-order valence-electron chi connectivity index (χ4n) is 4.07. The van der Waals surface area contributed by atoms with Crippen molar-refractivity contribution in [3.05, 3.63) is 59.7 Å². The molecule has 0 fully saturated rings. The summed E-state index contributed by atoms with van der Waals surface area (Å²) in [6.07, 6.45) is 0.561. The molecule has 1 aliphatic carbocycles. The fourth-order valence-corrected chi connectivity index (χ4v) is 4.07. The van der Waals surface area contributed by atoms with Crippen molar-refractivity contribution < 1.29 is 14.3 Å². The van der Waals surface area contributed by atoms with Gasteiger partial charge < -0.3 is 10.1 Å². The Balaban J connectivity index is 1.67. The summed E-state index contributed by atoms with van der Waals surface area (Å²) in [5.74, 6) is 0.664. The van der Waals surface area contributed by atoms with Crippen LogP contribution >= 0.6 is 0 Å². The Morgan fingerprint density at radius 2 is 1.45 bits per heavy atom. The first-order valence-electron chi connectivity index (χ1n) is 10.5. The van der Waals surface area contributed by atoms with Crippen molar-refractivity contribution in [1.29, 1.82) is 0 Å². The molecule has 1 atom stereocenters. The van der Waals surface area contributed by atoms with Gasteiger partial charge in [0.15, 0.2) is 5.78 Å². The van der Waals surface area contributed by atoms with E-state index in [0.29, 0.717) is 18.8 Å². The second-order valence-corrected chi connectivity index (χ2v) is 8.72. The van der Waals surface area contributed by atoms with E-state index < -0.39 is 12.1 Å². The minimum absolute atomic E-state index is 0.0167. The van der Waals surface area contributed by atoms with Crippen LogP contribution in [0.25, 0.3) is 11.1 Å². The van der Waals surface area contributed by atoms with Crippen molar-refractivity contribution in [2.75, 3.05) is 6.61 Å². The summed E-state index contributed by atoms with van der Waals surface area (Å²) in [6.45, 7) is 8.38. The van der Waals surface area contributed by atoms with E-state index in [9.17, 15) is 9.59 Å². The highest BCUT2D eigenvalue weighted by Crippen LogP contribution is 2.44. The van der Waals surface area contributed by atoms with Crippen LogP contribution in [0.4, 0.5) is 4.79 Å². The number of benzene rings is 2. The maximum atomic E-state index is 12.5. The van der Waals surface area contributed by atoms with Gasteiger partial charge in [-0.25, -0.2) is 4.79 Å². The molecule has 3 rings (SSSR count). The molecule has 0 aromatic heterocycles. The fraction of sp³-hybridized carbons (Fsp3) is 0.440. The third-order valence-electron chi connectivity index (χ3n) is 5.34. The molecule has 0 radical (unpaired) electrons. The third kappa shape index (κ3) is 5.06. The van der Waals surface area contributed by atoms with Crippen LogP contribution in [0, 0.1) is 11.8 Å². The van der Waals surface area contributed by atoms with Gasteiger partial charge in [-0.2, -0.15) is 0 Å². The molecule has 0 saturated heterocycles. The first-order valence-corrected chi connectivity index (χ1v) is 10.5. The molecule has 4 nitrogen and oxygen atoms in total. The summed E-state index contributed by atoms with van der Waals surface area (Å²) in [5.41, 5.74) is 4.75. The molecule has 0 saturated carbocycles. The molecule has 154 valence electrons. The molecule has 0 bridgehead atoms. The van der Waals surface area contributed by atoms with Crippen LogP contribution in [0.5, 0.6) is 0 Å². The van der Waals surface area contributed by atoms with Crippen molar-refractivity contribution in [3.8, 4) is 11.1 Å². The van der Waals surface area contributed by atoms with E-state index in [2.05, 4.69) is 43.4 Å². The molecule has 1 amide bonds. The number of nitrogens with one attached hydrogen (secondary N) is 1. The van der Waals surface area contributed by atoms with E-state index in [1.807, 2.05) is 38.1 Å². The Bertz CT molecular complexity index is 826. The Labute approximate surface area is 173 Å². The summed E-state index contributed by atoms with van der Waals surface area (Å²) in [5, 5.41) is 2.81. The van der Waals surface area contributed by atoms with Crippen LogP contribution in [0.1, 0.15) is 57.6 Å². The standard InChI is InChI=1S/C25H31NO3/c1-16(2)13-23(24(27)14-17(3)4)26-25(28)29-15-22-20-11-7-5-9-18(20)19-10-6-8-12-21(19)22/h5-12,16-17,22-23H,13-15H2,1-4H3,(H,26,28)/t23-/m1/s1. The quantitative estimate of drug-likeness (QED) is 0.639. The molecular weight excluding hydrogens is 362 g/mol. The van der Waals surface area contributed by atoms with E-state index in [1.54, 1.807) is 0 Å². The largest absolute Gasteiger partial charge is 0.449 e. The van der Waals surface area contributed by atoms with Gasteiger partial charge in [-0.3, -0.25) is 4.79 Å². The predicted octanol–water partition coefficient (Wildman–Crippen LogP) is 5.56. The second-order valence-electron chi connectivity index (χ2n) is 8.72. The zero-order chi connectivity index (χ0) is 21.0. The number of hydrogen-bond donors (Lipinski definition) is 1. The number of ether oxygens (including phenoxy) is 1. The van der Waals surface area contributed by atoms with Crippen LogP contribution in [0.3, 0.4) is 0 Å². The molecule has 2 aromatic carbocycles. The number of carbonyl (C=O) groups is 2. The highest BCUT2D eigenvalue weighted by Gasteiger charge is 2.30. The van der Waals surface area contributed by atoms with Gasteiger partial charge in [0.2, 0.25) is 0 Å². The molecular formula is C25H31NO3. The lowest BCUT2D eigenvalue weighted by Gasteiger charge is -2.21. The summed E-state index contributed by atoms with van der Waals surface area (Å²) < 4.78 is 5.60. The van der Waals surface area contributed by atoms with Crippen LogP contribution in [-0.2, 0) is 9.53 Å². The molecule has 0 aliphatic heterocycles. The lowest BCUT2D eigenvalue weighted by atomic mass is 9.95. The topological polar surface area (TPSA) is 55.4 Å². The summed E-state index contributed by atoms with van der Waals surface area (Å²) in [4.78, 5) is 25.1. The number of Topliss-reactive ketones (excluding diaryl/α,β-unsaturated/α-hetero) is 1. The van der Waals surface area contributed by atoms with Gasteiger partial charge in [0.1, 0.15) is 6.61 Å². The number of amides is 1. The highest BCUT2D eigenvalue weighted by atomic mass is 16.5. The second kappa shape index (κ2) is 9.25. The predicted molar refractivity (Wildman–Crippen MR) is 116 cm³/mol. The molecule has 0 spiro atoms. The van der Waals surface area contributed by atoms with Crippen LogP contribution in [0.15, 0.2) is 48.5 Å². The number of alkyl carbamates (subject to hydrolysis) is 1. The van der Waals surface area contributed by atoms with Gasteiger partial charge in [0, 0.05) is 12.3 Å². The van der Waals surface area contributed by atoms with Crippen LogP contribution < -0.4 is 5.32 Å². The van der Waals surface area contributed by atoms with Gasteiger partial charge in [0.25, 0.3) is 0 Å². The minimum atomic E-state index is -0.519. The zero-order valence-electron chi connectivity index (χ0n) is 17.8. The Hall–Kier alpha value is -2.62. The SMILES string of the molecule is CC(C)CC(=O)[C@@H](CC(C)C)NC(=O)OCC1c2ccccc2-c2ccccc21. The smallest absolute Gasteiger partial charge is 0.407 e. The van der Waals surface area contributed by atoms with Gasteiger partial charge >= 0.3 is 6.09 Å². The van der Waals surface area contributed by atoms with Gasteiger partial charge in [0.05, 0.1) is 6.04 Å². The summed E-state index contributed by atoms with van der Waals surface area (Å²) in [7, 11) is 0.